The van der Waals surface area contributed by atoms with Gasteiger partial charge in [0, 0.05) is 31.0 Å². The number of carbonyl (C=O) groups excluding carboxylic acids is 1. The normalized spacial score (nSPS) is 13.3. The molecular formula is C23H25N3O3. The highest BCUT2D eigenvalue weighted by Gasteiger charge is 2.33. The number of methoxy groups -OCH3 is 1. The van der Waals surface area contributed by atoms with Crippen LogP contribution in [0.3, 0.4) is 0 Å². The second-order valence-electron chi connectivity index (χ2n) is 7.33. The van der Waals surface area contributed by atoms with Gasteiger partial charge in [-0.1, -0.05) is 35.5 Å². The molecule has 1 heterocycles. The van der Waals surface area contributed by atoms with Gasteiger partial charge in [-0.15, -0.1) is 0 Å². The third-order valence-electron chi connectivity index (χ3n) is 5.16. The Hall–Kier alpha value is -3.15. The molecule has 0 spiro atoms. The predicted molar refractivity (Wildman–Crippen MR) is 109 cm³/mol. The first-order chi connectivity index (χ1) is 14.2. The van der Waals surface area contributed by atoms with Gasteiger partial charge in [0.15, 0.2) is 0 Å². The molecule has 0 saturated heterocycles. The van der Waals surface area contributed by atoms with E-state index in [1.54, 1.807) is 7.11 Å². The molecule has 2 aromatic carbocycles. The quantitative estimate of drug-likeness (QED) is 0.555. The molecule has 0 radical (unpaired) electrons. The van der Waals surface area contributed by atoms with Crippen LogP contribution in [0.25, 0.3) is 11.4 Å². The van der Waals surface area contributed by atoms with Crippen LogP contribution in [0.1, 0.15) is 24.3 Å². The van der Waals surface area contributed by atoms with Crippen molar-refractivity contribution >= 4 is 5.91 Å². The fraction of sp³-hybridized carbons (Fsp3) is 0.348. The molecule has 0 N–H and O–H groups in total. The van der Waals surface area contributed by atoms with Gasteiger partial charge >= 0.3 is 0 Å². The molecule has 4 rings (SSSR count). The summed E-state index contributed by atoms with van der Waals surface area (Å²) in [6.45, 7) is 1.30. The average Bonchev–Trinajstić information content (AvgIpc) is 3.52. The molecular weight excluding hydrogens is 366 g/mol. The van der Waals surface area contributed by atoms with Gasteiger partial charge in [-0.3, -0.25) is 4.79 Å². The maximum absolute atomic E-state index is 12.7. The van der Waals surface area contributed by atoms with E-state index in [0.717, 1.165) is 30.6 Å². The van der Waals surface area contributed by atoms with E-state index in [4.69, 9.17) is 9.26 Å². The van der Waals surface area contributed by atoms with E-state index in [9.17, 15) is 4.79 Å². The van der Waals surface area contributed by atoms with Gasteiger partial charge in [-0.2, -0.15) is 4.98 Å². The summed E-state index contributed by atoms with van der Waals surface area (Å²) in [5.74, 6) is 2.32. The zero-order chi connectivity index (χ0) is 20.1. The number of nitrogens with zero attached hydrogens (tertiary/aromatic N) is 3. The molecule has 0 bridgehead atoms. The van der Waals surface area contributed by atoms with Crippen molar-refractivity contribution in [3.63, 3.8) is 0 Å². The summed E-state index contributed by atoms with van der Waals surface area (Å²) in [4.78, 5) is 19.1. The summed E-state index contributed by atoms with van der Waals surface area (Å²) in [6, 6.07) is 17.8. The Kier molecular flexibility index (Phi) is 5.89. The van der Waals surface area contributed by atoms with Crippen molar-refractivity contribution in [3.8, 4) is 17.1 Å². The third-order valence-corrected chi connectivity index (χ3v) is 5.16. The van der Waals surface area contributed by atoms with Crippen LogP contribution in [0.5, 0.6) is 5.75 Å². The van der Waals surface area contributed by atoms with Crippen molar-refractivity contribution in [1.82, 2.24) is 15.0 Å². The van der Waals surface area contributed by atoms with Gasteiger partial charge in [0.2, 0.25) is 17.6 Å². The molecule has 0 atom stereocenters. The minimum atomic E-state index is 0.198. The highest BCUT2D eigenvalue weighted by molar-refractivity contribution is 5.81. The van der Waals surface area contributed by atoms with Crippen LogP contribution in [0.15, 0.2) is 59.1 Å². The fourth-order valence-corrected chi connectivity index (χ4v) is 3.27. The first-order valence-corrected chi connectivity index (χ1v) is 10.0. The van der Waals surface area contributed by atoms with Gasteiger partial charge < -0.3 is 14.2 Å². The van der Waals surface area contributed by atoms with Crippen molar-refractivity contribution in [2.45, 2.75) is 25.7 Å². The van der Waals surface area contributed by atoms with Gasteiger partial charge in [-0.05, 0) is 49.1 Å². The predicted octanol–water partition coefficient (Wildman–Crippen LogP) is 3.77. The Morgan fingerprint density at radius 1 is 1.07 bits per heavy atom. The second kappa shape index (κ2) is 8.90. The smallest absolute Gasteiger partial charge is 0.228 e. The SMILES string of the molecule is COc1ccc(-c2noc(CCN(CCc3ccccc3)C(=O)C3CC3)n2)cc1. The van der Waals surface area contributed by atoms with Crippen LogP contribution in [-0.2, 0) is 17.6 Å². The number of benzene rings is 2. The van der Waals surface area contributed by atoms with Gasteiger partial charge in [0.05, 0.1) is 7.11 Å². The fourth-order valence-electron chi connectivity index (χ4n) is 3.27. The van der Waals surface area contributed by atoms with E-state index in [0.29, 0.717) is 31.2 Å². The summed E-state index contributed by atoms with van der Waals surface area (Å²) in [5, 5.41) is 4.08. The van der Waals surface area contributed by atoms with Crippen molar-refractivity contribution in [3.05, 3.63) is 66.1 Å². The molecule has 150 valence electrons. The van der Waals surface area contributed by atoms with Crippen molar-refractivity contribution < 1.29 is 14.1 Å². The average molecular weight is 391 g/mol. The standard InChI is InChI=1S/C23H25N3O3/c1-28-20-11-9-18(10-12-20)22-24-21(29-25-22)14-16-26(23(27)19-7-8-19)15-13-17-5-3-2-4-6-17/h2-6,9-12,19H,7-8,13-16H2,1H3. The van der Waals surface area contributed by atoms with Crippen LogP contribution in [0.2, 0.25) is 0 Å². The number of carbonyl (C=O) groups is 1. The van der Waals surface area contributed by atoms with E-state index in [2.05, 4.69) is 22.3 Å². The zero-order valence-corrected chi connectivity index (χ0v) is 16.6. The first kappa shape index (κ1) is 19.2. The Bertz CT molecular complexity index is 934. The lowest BCUT2D eigenvalue weighted by Crippen LogP contribution is -2.35. The minimum absolute atomic E-state index is 0.198. The van der Waals surface area contributed by atoms with E-state index in [1.165, 1.54) is 5.56 Å². The summed E-state index contributed by atoms with van der Waals surface area (Å²) in [5.41, 5.74) is 2.11. The molecule has 6 heteroatoms. The number of hydrogen-bond donors (Lipinski definition) is 0. The maximum Gasteiger partial charge on any atom is 0.228 e. The van der Waals surface area contributed by atoms with E-state index >= 15 is 0 Å². The molecule has 0 aliphatic heterocycles. The highest BCUT2D eigenvalue weighted by atomic mass is 16.5. The molecule has 1 aliphatic rings. The Morgan fingerprint density at radius 2 is 1.79 bits per heavy atom. The maximum atomic E-state index is 12.7. The van der Waals surface area contributed by atoms with Crippen molar-refractivity contribution in [2.24, 2.45) is 5.92 Å². The second-order valence-corrected chi connectivity index (χ2v) is 7.33. The monoisotopic (exact) mass is 391 g/mol. The number of ether oxygens (including phenoxy) is 1. The summed E-state index contributed by atoms with van der Waals surface area (Å²) in [6.07, 6.45) is 3.41. The topological polar surface area (TPSA) is 68.5 Å². The summed E-state index contributed by atoms with van der Waals surface area (Å²) < 4.78 is 10.6. The Balaban J connectivity index is 1.37. The molecule has 3 aromatic rings. The lowest BCUT2D eigenvalue weighted by Gasteiger charge is -2.22. The molecule has 1 fully saturated rings. The number of amides is 1. The lowest BCUT2D eigenvalue weighted by atomic mass is 10.1. The molecule has 29 heavy (non-hydrogen) atoms. The number of hydrogen-bond acceptors (Lipinski definition) is 5. The molecule has 1 amide bonds. The molecule has 0 unspecified atom stereocenters. The van der Waals surface area contributed by atoms with Crippen LogP contribution >= 0.6 is 0 Å². The molecule has 1 aromatic heterocycles. The van der Waals surface area contributed by atoms with Gasteiger partial charge in [0.1, 0.15) is 5.75 Å². The lowest BCUT2D eigenvalue weighted by molar-refractivity contribution is -0.132. The minimum Gasteiger partial charge on any atom is -0.497 e. The van der Waals surface area contributed by atoms with Crippen molar-refractivity contribution in [2.75, 3.05) is 20.2 Å². The Morgan fingerprint density at radius 3 is 2.48 bits per heavy atom. The molecule has 1 aliphatic carbocycles. The van der Waals surface area contributed by atoms with E-state index in [1.807, 2.05) is 47.4 Å². The van der Waals surface area contributed by atoms with Gasteiger partial charge in [0.25, 0.3) is 0 Å². The number of aromatic nitrogens is 2. The zero-order valence-electron chi connectivity index (χ0n) is 16.6. The Labute approximate surface area is 170 Å². The summed E-state index contributed by atoms with van der Waals surface area (Å²) in [7, 11) is 1.63. The first-order valence-electron chi connectivity index (χ1n) is 10.0. The van der Waals surface area contributed by atoms with Crippen LogP contribution in [-0.4, -0.2) is 41.1 Å². The molecule has 6 nitrogen and oxygen atoms in total. The number of rotatable bonds is 9. The third kappa shape index (κ3) is 5.02. The van der Waals surface area contributed by atoms with Gasteiger partial charge in [-0.25, -0.2) is 0 Å². The highest BCUT2D eigenvalue weighted by Crippen LogP contribution is 2.31. The van der Waals surface area contributed by atoms with E-state index < -0.39 is 0 Å². The van der Waals surface area contributed by atoms with Crippen LogP contribution in [0, 0.1) is 5.92 Å². The summed E-state index contributed by atoms with van der Waals surface area (Å²) >= 11 is 0. The van der Waals surface area contributed by atoms with E-state index in [-0.39, 0.29) is 11.8 Å². The largest absolute Gasteiger partial charge is 0.497 e. The van der Waals surface area contributed by atoms with Crippen molar-refractivity contribution in [1.29, 1.82) is 0 Å². The van der Waals surface area contributed by atoms with Crippen LogP contribution < -0.4 is 4.74 Å². The molecule has 1 saturated carbocycles. The van der Waals surface area contributed by atoms with Crippen LogP contribution in [0.4, 0.5) is 0 Å².